The summed E-state index contributed by atoms with van der Waals surface area (Å²) in [5, 5.41) is 7.09. The van der Waals surface area contributed by atoms with E-state index in [-0.39, 0.29) is 5.41 Å². The van der Waals surface area contributed by atoms with Gasteiger partial charge in [-0.25, -0.2) is 0 Å². The Kier molecular flexibility index (Phi) is 1.43. The van der Waals surface area contributed by atoms with Gasteiger partial charge in [-0.05, 0) is 19.3 Å². The molecule has 3 N–H and O–H groups in total. The first kappa shape index (κ1) is 7.65. The van der Waals surface area contributed by atoms with Gasteiger partial charge in [0.2, 0.25) is 0 Å². The topological polar surface area (TPSA) is 54.7 Å². The Morgan fingerprint density at radius 1 is 1.50 bits per heavy atom. The lowest BCUT2D eigenvalue weighted by Gasteiger charge is -2.28. The second-order valence-electron chi connectivity index (χ2n) is 4.20. The molecule has 66 valence electrons. The summed E-state index contributed by atoms with van der Waals surface area (Å²) in [6, 6.07) is 0. The number of nitrogens with two attached hydrogens (primary N) is 1. The van der Waals surface area contributed by atoms with E-state index in [0.717, 1.165) is 6.42 Å². The van der Waals surface area contributed by atoms with Crippen LogP contribution in [0.2, 0.25) is 0 Å². The van der Waals surface area contributed by atoms with Gasteiger partial charge in [0, 0.05) is 16.7 Å². The van der Waals surface area contributed by atoms with E-state index in [1.54, 1.807) is 0 Å². The van der Waals surface area contributed by atoms with Crippen LogP contribution in [0.4, 0.5) is 5.82 Å². The SMILES string of the molecule is CC1(C)CCCc2c(N)n[nH]c21. The van der Waals surface area contributed by atoms with Crippen LogP contribution in [0.25, 0.3) is 0 Å². The van der Waals surface area contributed by atoms with Crippen LogP contribution >= 0.6 is 0 Å². The Morgan fingerprint density at radius 2 is 2.25 bits per heavy atom. The van der Waals surface area contributed by atoms with Gasteiger partial charge in [0.1, 0.15) is 5.82 Å². The number of aromatic nitrogens is 2. The number of H-pyrrole nitrogens is 1. The molecule has 2 rings (SSSR count). The summed E-state index contributed by atoms with van der Waals surface area (Å²) in [5.74, 6) is 0.692. The van der Waals surface area contributed by atoms with E-state index in [2.05, 4.69) is 24.0 Å². The molecule has 12 heavy (non-hydrogen) atoms. The van der Waals surface area contributed by atoms with Crippen molar-refractivity contribution in [2.24, 2.45) is 0 Å². The molecule has 0 atom stereocenters. The molecule has 0 saturated carbocycles. The predicted octanol–water partition coefficient (Wildman–Crippen LogP) is 1.61. The number of hydrogen-bond acceptors (Lipinski definition) is 2. The number of nitrogens with one attached hydrogen (secondary N) is 1. The van der Waals surface area contributed by atoms with Gasteiger partial charge in [0.15, 0.2) is 0 Å². The minimum Gasteiger partial charge on any atom is -0.382 e. The molecular weight excluding hydrogens is 150 g/mol. The maximum Gasteiger partial charge on any atom is 0.148 e. The molecule has 1 heterocycles. The van der Waals surface area contributed by atoms with Crippen molar-refractivity contribution in [2.45, 2.75) is 38.5 Å². The van der Waals surface area contributed by atoms with Crippen molar-refractivity contribution in [3.05, 3.63) is 11.3 Å². The summed E-state index contributed by atoms with van der Waals surface area (Å²) in [6.07, 6.45) is 3.53. The lowest BCUT2D eigenvalue weighted by atomic mass is 9.77. The van der Waals surface area contributed by atoms with Crippen molar-refractivity contribution in [1.82, 2.24) is 10.2 Å². The summed E-state index contributed by atoms with van der Waals surface area (Å²) in [4.78, 5) is 0. The van der Waals surface area contributed by atoms with Gasteiger partial charge < -0.3 is 5.73 Å². The van der Waals surface area contributed by atoms with Crippen molar-refractivity contribution < 1.29 is 0 Å². The van der Waals surface area contributed by atoms with Gasteiger partial charge in [-0.3, -0.25) is 5.10 Å². The highest BCUT2D eigenvalue weighted by molar-refractivity contribution is 5.45. The van der Waals surface area contributed by atoms with Crippen molar-refractivity contribution in [3.8, 4) is 0 Å². The molecule has 0 aromatic carbocycles. The Bertz CT molecular complexity index is 299. The number of rotatable bonds is 0. The monoisotopic (exact) mass is 165 g/mol. The lowest BCUT2D eigenvalue weighted by molar-refractivity contribution is 0.420. The average Bonchev–Trinajstić information content (AvgIpc) is 2.33. The lowest BCUT2D eigenvalue weighted by Crippen LogP contribution is -2.23. The Balaban J connectivity index is 2.53. The van der Waals surface area contributed by atoms with Crippen LogP contribution in [0.1, 0.15) is 37.9 Å². The number of hydrogen-bond donors (Lipinski definition) is 2. The molecule has 0 saturated heterocycles. The van der Waals surface area contributed by atoms with Crippen molar-refractivity contribution >= 4 is 5.82 Å². The van der Waals surface area contributed by atoms with Crippen LogP contribution in [0, 0.1) is 0 Å². The smallest absolute Gasteiger partial charge is 0.148 e. The van der Waals surface area contributed by atoms with E-state index in [1.165, 1.54) is 24.1 Å². The van der Waals surface area contributed by atoms with E-state index in [4.69, 9.17) is 5.73 Å². The summed E-state index contributed by atoms with van der Waals surface area (Å²) in [5.41, 5.74) is 8.46. The zero-order valence-corrected chi connectivity index (χ0v) is 7.65. The molecule has 0 amide bonds. The van der Waals surface area contributed by atoms with E-state index < -0.39 is 0 Å². The summed E-state index contributed by atoms with van der Waals surface area (Å²) >= 11 is 0. The zero-order chi connectivity index (χ0) is 8.77. The maximum atomic E-state index is 5.74. The number of anilines is 1. The molecule has 1 aromatic rings. The largest absolute Gasteiger partial charge is 0.382 e. The molecule has 0 radical (unpaired) electrons. The highest BCUT2D eigenvalue weighted by atomic mass is 15.2. The second kappa shape index (κ2) is 2.25. The first-order chi connectivity index (χ1) is 5.61. The fourth-order valence-corrected chi connectivity index (χ4v) is 2.02. The fourth-order valence-electron chi connectivity index (χ4n) is 2.02. The highest BCUT2D eigenvalue weighted by Gasteiger charge is 2.30. The van der Waals surface area contributed by atoms with Crippen LogP contribution in [0.15, 0.2) is 0 Å². The standard InChI is InChI=1S/C9H15N3/c1-9(2)5-3-4-6-7(9)11-12-8(6)10/h3-5H2,1-2H3,(H3,10,11,12). The van der Waals surface area contributed by atoms with Crippen LogP contribution in [0.5, 0.6) is 0 Å². The Morgan fingerprint density at radius 3 is 2.92 bits per heavy atom. The molecule has 1 aliphatic carbocycles. The van der Waals surface area contributed by atoms with Gasteiger partial charge in [-0.2, -0.15) is 5.10 Å². The average molecular weight is 165 g/mol. The van der Waals surface area contributed by atoms with Gasteiger partial charge in [-0.1, -0.05) is 13.8 Å². The first-order valence-corrected chi connectivity index (χ1v) is 4.44. The summed E-state index contributed by atoms with van der Waals surface area (Å²) in [6.45, 7) is 4.48. The van der Waals surface area contributed by atoms with Crippen molar-refractivity contribution in [3.63, 3.8) is 0 Å². The highest BCUT2D eigenvalue weighted by Crippen LogP contribution is 2.37. The van der Waals surface area contributed by atoms with E-state index >= 15 is 0 Å². The molecular formula is C9H15N3. The minimum absolute atomic E-state index is 0.234. The molecule has 1 aromatic heterocycles. The van der Waals surface area contributed by atoms with Crippen LogP contribution in [-0.2, 0) is 11.8 Å². The third kappa shape index (κ3) is 0.924. The Labute approximate surface area is 72.4 Å². The molecule has 0 spiro atoms. The van der Waals surface area contributed by atoms with Crippen LogP contribution in [-0.4, -0.2) is 10.2 Å². The van der Waals surface area contributed by atoms with Crippen molar-refractivity contribution in [1.29, 1.82) is 0 Å². The van der Waals surface area contributed by atoms with E-state index in [1.807, 2.05) is 0 Å². The quantitative estimate of drug-likeness (QED) is 0.613. The molecule has 0 fully saturated rings. The van der Waals surface area contributed by atoms with Crippen molar-refractivity contribution in [2.75, 3.05) is 5.73 Å². The predicted molar refractivity (Wildman–Crippen MR) is 49.0 cm³/mol. The van der Waals surface area contributed by atoms with Gasteiger partial charge in [0.05, 0.1) is 0 Å². The number of nitrogens with zero attached hydrogens (tertiary/aromatic N) is 1. The van der Waals surface area contributed by atoms with Crippen LogP contribution in [0.3, 0.4) is 0 Å². The fraction of sp³-hybridized carbons (Fsp3) is 0.667. The minimum atomic E-state index is 0.234. The number of aromatic amines is 1. The molecule has 3 nitrogen and oxygen atoms in total. The Hall–Kier alpha value is -0.990. The summed E-state index contributed by atoms with van der Waals surface area (Å²) in [7, 11) is 0. The molecule has 1 aliphatic rings. The number of fused-ring (bicyclic) bond motifs is 1. The second-order valence-corrected chi connectivity index (χ2v) is 4.20. The molecule has 0 unspecified atom stereocenters. The first-order valence-electron chi connectivity index (χ1n) is 4.44. The van der Waals surface area contributed by atoms with E-state index in [9.17, 15) is 0 Å². The van der Waals surface area contributed by atoms with Gasteiger partial charge in [0.25, 0.3) is 0 Å². The maximum absolute atomic E-state index is 5.74. The van der Waals surface area contributed by atoms with Gasteiger partial charge >= 0.3 is 0 Å². The summed E-state index contributed by atoms with van der Waals surface area (Å²) < 4.78 is 0. The number of nitrogen functional groups attached to an aromatic ring is 1. The molecule has 3 heteroatoms. The third-order valence-corrected chi connectivity index (χ3v) is 2.80. The molecule has 0 bridgehead atoms. The van der Waals surface area contributed by atoms with E-state index in [0.29, 0.717) is 5.82 Å². The van der Waals surface area contributed by atoms with Crippen LogP contribution < -0.4 is 5.73 Å². The third-order valence-electron chi connectivity index (χ3n) is 2.80. The van der Waals surface area contributed by atoms with Gasteiger partial charge in [-0.15, -0.1) is 0 Å². The zero-order valence-electron chi connectivity index (χ0n) is 7.65. The molecule has 0 aliphatic heterocycles. The normalized spacial score (nSPS) is 20.5.